The predicted molar refractivity (Wildman–Crippen MR) is 62.4 cm³/mol. The Hall–Kier alpha value is -1.77. The zero-order chi connectivity index (χ0) is 10.8. The number of nitrogen functional groups attached to an aromatic ring is 1. The van der Waals surface area contributed by atoms with Crippen LogP contribution in [0.25, 0.3) is 11.1 Å². The van der Waals surface area contributed by atoms with Crippen LogP contribution >= 0.6 is 0 Å². The minimum absolute atomic E-state index is 0.866. The van der Waals surface area contributed by atoms with Crippen LogP contribution < -0.4 is 5.73 Å². The zero-order valence-electron chi connectivity index (χ0n) is 9.07. The lowest BCUT2D eigenvalue weighted by Gasteiger charge is -2.04. The quantitative estimate of drug-likeness (QED) is 0.757. The number of nitrogens with two attached hydrogens (primary N) is 1. The van der Waals surface area contributed by atoms with Crippen LogP contribution in [0.4, 0.5) is 5.69 Å². The van der Waals surface area contributed by atoms with Gasteiger partial charge in [0.2, 0.25) is 0 Å². The normalized spacial score (nSPS) is 10.5. The van der Waals surface area contributed by atoms with Crippen molar-refractivity contribution in [2.24, 2.45) is 7.05 Å². The second-order valence-corrected chi connectivity index (χ2v) is 3.67. The Morgan fingerprint density at radius 1 is 1.33 bits per heavy atom. The highest BCUT2D eigenvalue weighted by Crippen LogP contribution is 2.23. The molecule has 0 radical (unpaired) electrons. The Bertz CT molecular complexity index is 471. The number of hydrogen-bond donors (Lipinski definition) is 1. The first kappa shape index (κ1) is 9.77. The molecule has 0 fully saturated rings. The van der Waals surface area contributed by atoms with Crippen LogP contribution in [-0.2, 0) is 13.5 Å². The van der Waals surface area contributed by atoms with Gasteiger partial charge in [0.05, 0.1) is 6.20 Å². The molecule has 0 aliphatic heterocycles. The maximum absolute atomic E-state index is 5.86. The van der Waals surface area contributed by atoms with E-state index in [1.807, 2.05) is 31.6 Å². The van der Waals surface area contributed by atoms with Gasteiger partial charge in [-0.15, -0.1) is 0 Å². The van der Waals surface area contributed by atoms with E-state index < -0.39 is 0 Å². The minimum Gasteiger partial charge on any atom is -0.399 e. The van der Waals surface area contributed by atoms with E-state index in [4.69, 9.17) is 5.73 Å². The lowest BCUT2D eigenvalue weighted by molar-refractivity contribution is 0.768. The Labute approximate surface area is 89.5 Å². The Morgan fingerprint density at radius 3 is 2.73 bits per heavy atom. The SMILES string of the molecule is CCc1cc(-c2cnn(C)c2)ccc1N. The topological polar surface area (TPSA) is 43.8 Å². The molecule has 0 saturated carbocycles. The molecule has 3 nitrogen and oxygen atoms in total. The zero-order valence-corrected chi connectivity index (χ0v) is 9.07. The summed E-state index contributed by atoms with van der Waals surface area (Å²) in [6.45, 7) is 2.11. The number of anilines is 1. The molecule has 0 bridgehead atoms. The molecular weight excluding hydrogens is 186 g/mol. The summed E-state index contributed by atoms with van der Waals surface area (Å²) in [6, 6.07) is 6.12. The standard InChI is InChI=1S/C12H15N3/c1-3-9-6-10(4-5-12(9)13)11-7-14-15(2)8-11/h4-8H,3,13H2,1-2H3. The molecule has 3 heteroatoms. The molecule has 0 atom stereocenters. The van der Waals surface area contributed by atoms with Gasteiger partial charge in [-0.1, -0.05) is 13.0 Å². The maximum Gasteiger partial charge on any atom is 0.0568 e. The summed E-state index contributed by atoms with van der Waals surface area (Å²) in [5.41, 5.74) is 10.2. The third-order valence-electron chi connectivity index (χ3n) is 2.56. The van der Waals surface area contributed by atoms with Crippen LogP contribution in [-0.4, -0.2) is 9.78 Å². The monoisotopic (exact) mass is 201 g/mol. The van der Waals surface area contributed by atoms with E-state index in [1.165, 1.54) is 11.1 Å². The largest absolute Gasteiger partial charge is 0.399 e. The molecule has 2 rings (SSSR count). The second-order valence-electron chi connectivity index (χ2n) is 3.67. The minimum atomic E-state index is 0.866. The summed E-state index contributed by atoms with van der Waals surface area (Å²) in [4.78, 5) is 0. The first-order valence-electron chi connectivity index (χ1n) is 5.08. The maximum atomic E-state index is 5.86. The molecule has 0 unspecified atom stereocenters. The van der Waals surface area contributed by atoms with Gasteiger partial charge in [0.25, 0.3) is 0 Å². The molecule has 0 amide bonds. The fraction of sp³-hybridized carbons (Fsp3) is 0.250. The molecule has 0 aliphatic carbocycles. The third kappa shape index (κ3) is 1.86. The van der Waals surface area contributed by atoms with Crippen molar-refractivity contribution in [3.05, 3.63) is 36.2 Å². The van der Waals surface area contributed by atoms with Gasteiger partial charge in [-0.25, -0.2) is 0 Å². The van der Waals surface area contributed by atoms with Gasteiger partial charge < -0.3 is 5.73 Å². The van der Waals surface area contributed by atoms with Crippen LogP contribution in [0.5, 0.6) is 0 Å². The highest BCUT2D eigenvalue weighted by atomic mass is 15.2. The van der Waals surface area contributed by atoms with E-state index in [0.29, 0.717) is 0 Å². The Kier molecular flexibility index (Phi) is 2.46. The fourth-order valence-corrected chi connectivity index (χ4v) is 1.66. The highest BCUT2D eigenvalue weighted by Gasteiger charge is 2.03. The van der Waals surface area contributed by atoms with Crippen molar-refractivity contribution in [3.63, 3.8) is 0 Å². The average Bonchev–Trinajstić information content (AvgIpc) is 2.66. The third-order valence-corrected chi connectivity index (χ3v) is 2.56. The molecule has 1 aromatic carbocycles. The van der Waals surface area contributed by atoms with E-state index in [2.05, 4.69) is 18.1 Å². The molecule has 78 valence electrons. The van der Waals surface area contributed by atoms with Gasteiger partial charge in [0.15, 0.2) is 0 Å². The van der Waals surface area contributed by atoms with E-state index in [9.17, 15) is 0 Å². The van der Waals surface area contributed by atoms with Crippen LogP contribution in [0.2, 0.25) is 0 Å². The Morgan fingerprint density at radius 2 is 2.13 bits per heavy atom. The number of rotatable bonds is 2. The van der Waals surface area contributed by atoms with E-state index in [-0.39, 0.29) is 0 Å². The summed E-state index contributed by atoms with van der Waals surface area (Å²) in [6.07, 6.45) is 4.83. The molecule has 1 aromatic heterocycles. The summed E-state index contributed by atoms with van der Waals surface area (Å²) >= 11 is 0. The summed E-state index contributed by atoms with van der Waals surface area (Å²) in [7, 11) is 1.92. The predicted octanol–water partition coefficient (Wildman–Crippen LogP) is 2.23. The number of hydrogen-bond acceptors (Lipinski definition) is 2. The highest BCUT2D eigenvalue weighted by molar-refractivity contribution is 5.66. The molecule has 2 aromatic rings. The van der Waals surface area contributed by atoms with Crippen molar-refractivity contribution >= 4 is 5.69 Å². The summed E-state index contributed by atoms with van der Waals surface area (Å²) < 4.78 is 1.80. The van der Waals surface area contributed by atoms with Crippen LogP contribution in [0, 0.1) is 0 Å². The average molecular weight is 201 g/mol. The van der Waals surface area contributed by atoms with Gasteiger partial charge in [-0.3, -0.25) is 4.68 Å². The van der Waals surface area contributed by atoms with E-state index in [1.54, 1.807) is 4.68 Å². The Balaban J connectivity index is 2.45. The van der Waals surface area contributed by atoms with Gasteiger partial charge in [0.1, 0.15) is 0 Å². The molecule has 0 aliphatic rings. The number of aryl methyl sites for hydroxylation is 2. The van der Waals surface area contributed by atoms with Gasteiger partial charge >= 0.3 is 0 Å². The van der Waals surface area contributed by atoms with Crippen molar-refractivity contribution in [1.29, 1.82) is 0 Å². The number of aromatic nitrogens is 2. The van der Waals surface area contributed by atoms with Crippen LogP contribution in [0.1, 0.15) is 12.5 Å². The first-order valence-corrected chi connectivity index (χ1v) is 5.08. The molecule has 1 heterocycles. The second kappa shape index (κ2) is 3.77. The van der Waals surface area contributed by atoms with Gasteiger partial charge in [0, 0.05) is 24.5 Å². The molecule has 0 spiro atoms. The van der Waals surface area contributed by atoms with E-state index in [0.717, 1.165) is 17.7 Å². The lowest BCUT2D eigenvalue weighted by Crippen LogP contribution is -1.92. The molecule has 2 N–H and O–H groups in total. The van der Waals surface area contributed by atoms with E-state index >= 15 is 0 Å². The smallest absolute Gasteiger partial charge is 0.0568 e. The molecule has 0 saturated heterocycles. The van der Waals surface area contributed by atoms with Crippen molar-refractivity contribution in [1.82, 2.24) is 9.78 Å². The van der Waals surface area contributed by atoms with Crippen molar-refractivity contribution in [2.45, 2.75) is 13.3 Å². The van der Waals surface area contributed by atoms with Crippen molar-refractivity contribution < 1.29 is 0 Å². The number of benzene rings is 1. The molecular formula is C12H15N3. The molecule has 15 heavy (non-hydrogen) atoms. The van der Waals surface area contributed by atoms with Gasteiger partial charge in [-0.2, -0.15) is 5.10 Å². The summed E-state index contributed by atoms with van der Waals surface area (Å²) in [5.74, 6) is 0. The first-order chi connectivity index (χ1) is 7.20. The fourth-order valence-electron chi connectivity index (χ4n) is 1.66. The van der Waals surface area contributed by atoms with Crippen molar-refractivity contribution in [3.8, 4) is 11.1 Å². The lowest BCUT2D eigenvalue weighted by atomic mass is 10.0. The van der Waals surface area contributed by atoms with Crippen molar-refractivity contribution in [2.75, 3.05) is 5.73 Å². The van der Waals surface area contributed by atoms with Gasteiger partial charge in [-0.05, 0) is 29.7 Å². The summed E-state index contributed by atoms with van der Waals surface area (Å²) in [5, 5.41) is 4.16. The number of nitrogens with zero attached hydrogens (tertiary/aromatic N) is 2. The van der Waals surface area contributed by atoms with Crippen LogP contribution in [0.15, 0.2) is 30.6 Å². The van der Waals surface area contributed by atoms with Crippen LogP contribution in [0.3, 0.4) is 0 Å².